The number of para-hydroxylation sites is 2. The molecule has 0 unspecified atom stereocenters. The van der Waals surface area contributed by atoms with Crippen molar-refractivity contribution in [2.24, 2.45) is 0 Å². The largest absolute Gasteiger partial charge is 0.484 e. The molecule has 1 amide bonds. The number of carbonyl (C=O) groups excluding carboxylic acids is 1. The number of anilines is 2. The maximum atomic E-state index is 13.0. The number of carbonyl (C=O) groups is 1. The Balaban J connectivity index is 1.66. The van der Waals surface area contributed by atoms with E-state index in [-0.39, 0.29) is 18.0 Å². The Bertz CT molecular complexity index is 1130. The molecule has 0 spiro atoms. The molecule has 0 fully saturated rings. The molecule has 6 nitrogen and oxygen atoms in total. The number of benzene rings is 3. The highest BCUT2D eigenvalue weighted by Gasteiger charge is 2.23. The van der Waals surface area contributed by atoms with Gasteiger partial charge in [-0.1, -0.05) is 47.5 Å². The smallest absolute Gasteiger partial charge is 0.264 e. The SMILES string of the molecule is CCN(c1ccccc1)S(=O)(=O)c1ccc(OCC(=O)Nc2c(Cl)cccc2Cl)cc1. The van der Waals surface area contributed by atoms with Crippen molar-refractivity contribution in [3.63, 3.8) is 0 Å². The van der Waals surface area contributed by atoms with Crippen LogP contribution in [0.4, 0.5) is 11.4 Å². The summed E-state index contributed by atoms with van der Waals surface area (Å²) in [6, 6.07) is 19.6. The van der Waals surface area contributed by atoms with Crippen LogP contribution in [0.1, 0.15) is 6.92 Å². The number of nitrogens with zero attached hydrogens (tertiary/aromatic N) is 1. The Morgan fingerprint density at radius 3 is 2.13 bits per heavy atom. The predicted molar refractivity (Wildman–Crippen MR) is 124 cm³/mol. The van der Waals surface area contributed by atoms with E-state index >= 15 is 0 Å². The maximum Gasteiger partial charge on any atom is 0.264 e. The molecule has 0 atom stereocenters. The summed E-state index contributed by atoms with van der Waals surface area (Å²) < 4.78 is 32.8. The monoisotopic (exact) mass is 478 g/mol. The van der Waals surface area contributed by atoms with Gasteiger partial charge in [0.25, 0.3) is 15.9 Å². The normalized spacial score (nSPS) is 11.1. The predicted octanol–water partition coefficient (Wildman–Crippen LogP) is 5.23. The van der Waals surface area contributed by atoms with Crippen LogP contribution in [0, 0.1) is 0 Å². The van der Waals surface area contributed by atoms with Gasteiger partial charge in [-0.25, -0.2) is 8.42 Å². The van der Waals surface area contributed by atoms with Crippen LogP contribution in [0.3, 0.4) is 0 Å². The molecule has 3 rings (SSSR count). The van der Waals surface area contributed by atoms with Gasteiger partial charge < -0.3 is 10.1 Å². The number of ether oxygens (including phenoxy) is 1. The van der Waals surface area contributed by atoms with Gasteiger partial charge in [-0.15, -0.1) is 0 Å². The van der Waals surface area contributed by atoms with Crippen LogP contribution in [0.25, 0.3) is 0 Å². The Labute approximate surface area is 191 Å². The molecule has 3 aromatic rings. The molecule has 0 aliphatic rings. The standard InChI is InChI=1S/C22H20Cl2N2O4S/c1-2-26(16-7-4-3-5-8-16)31(28,29)18-13-11-17(12-14-18)30-15-21(27)25-22-19(23)9-6-10-20(22)24/h3-14H,2,15H2,1H3,(H,25,27). The minimum atomic E-state index is -3.73. The molecule has 1 N–H and O–H groups in total. The molecule has 162 valence electrons. The second kappa shape index (κ2) is 10.0. The summed E-state index contributed by atoms with van der Waals surface area (Å²) in [7, 11) is -3.73. The highest BCUT2D eigenvalue weighted by Crippen LogP contribution is 2.30. The van der Waals surface area contributed by atoms with Gasteiger partial charge in [-0.05, 0) is 55.5 Å². The second-order valence-electron chi connectivity index (χ2n) is 6.41. The topological polar surface area (TPSA) is 75.7 Å². The lowest BCUT2D eigenvalue weighted by atomic mass is 10.3. The second-order valence-corrected chi connectivity index (χ2v) is 9.09. The zero-order valence-electron chi connectivity index (χ0n) is 16.6. The number of halogens is 2. The van der Waals surface area contributed by atoms with Crippen molar-refractivity contribution in [1.82, 2.24) is 0 Å². The van der Waals surface area contributed by atoms with Crippen molar-refractivity contribution in [2.75, 3.05) is 22.8 Å². The van der Waals surface area contributed by atoms with E-state index in [9.17, 15) is 13.2 Å². The fourth-order valence-electron chi connectivity index (χ4n) is 2.86. The molecular formula is C22H20Cl2N2O4S. The summed E-state index contributed by atoms with van der Waals surface area (Å²) in [6.07, 6.45) is 0. The van der Waals surface area contributed by atoms with Crippen molar-refractivity contribution in [3.8, 4) is 5.75 Å². The summed E-state index contributed by atoms with van der Waals surface area (Å²) in [5.74, 6) is -0.102. The number of hydrogen-bond donors (Lipinski definition) is 1. The number of hydrogen-bond acceptors (Lipinski definition) is 4. The Hall–Kier alpha value is -2.74. The first-order valence-corrected chi connectivity index (χ1v) is 11.6. The number of rotatable bonds is 8. The summed E-state index contributed by atoms with van der Waals surface area (Å²) in [4.78, 5) is 12.3. The Morgan fingerprint density at radius 2 is 1.55 bits per heavy atom. The molecule has 0 bridgehead atoms. The summed E-state index contributed by atoms with van der Waals surface area (Å²) >= 11 is 12.1. The lowest BCUT2D eigenvalue weighted by Gasteiger charge is -2.23. The minimum Gasteiger partial charge on any atom is -0.484 e. The van der Waals surface area contributed by atoms with Gasteiger partial charge in [-0.3, -0.25) is 9.10 Å². The van der Waals surface area contributed by atoms with Gasteiger partial charge in [0, 0.05) is 6.54 Å². The first-order chi connectivity index (χ1) is 14.8. The third-order valence-electron chi connectivity index (χ3n) is 4.34. The molecule has 0 aliphatic heterocycles. The molecule has 0 radical (unpaired) electrons. The maximum absolute atomic E-state index is 13.0. The van der Waals surface area contributed by atoms with E-state index in [1.807, 2.05) is 6.07 Å². The van der Waals surface area contributed by atoms with Gasteiger partial charge >= 0.3 is 0 Å². The molecule has 0 heterocycles. The van der Waals surface area contributed by atoms with Crippen LogP contribution >= 0.6 is 23.2 Å². The van der Waals surface area contributed by atoms with Crippen LogP contribution < -0.4 is 14.4 Å². The molecule has 3 aromatic carbocycles. The molecule has 0 saturated heterocycles. The highest BCUT2D eigenvalue weighted by atomic mass is 35.5. The zero-order chi connectivity index (χ0) is 22.4. The molecule has 31 heavy (non-hydrogen) atoms. The Morgan fingerprint density at radius 1 is 0.935 bits per heavy atom. The zero-order valence-corrected chi connectivity index (χ0v) is 18.9. The lowest BCUT2D eigenvalue weighted by molar-refractivity contribution is -0.118. The van der Waals surface area contributed by atoms with Crippen molar-refractivity contribution >= 4 is 50.5 Å². The van der Waals surface area contributed by atoms with E-state index in [0.717, 1.165) is 0 Å². The quantitative estimate of drug-likeness (QED) is 0.480. The van der Waals surface area contributed by atoms with Crippen LogP contribution in [-0.2, 0) is 14.8 Å². The Kier molecular flexibility index (Phi) is 7.43. The molecular weight excluding hydrogens is 459 g/mol. The summed E-state index contributed by atoms with van der Waals surface area (Å²) in [5, 5.41) is 3.22. The first-order valence-electron chi connectivity index (χ1n) is 9.37. The minimum absolute atomic E-state index is 0.123. The third kappa shape index (κ3) is 5.50. The van der Waals surface area contributed by atoms with Crippen molar-refractivity contribution in [1.29, 1.82) is 0 Å². The van der Waals surface area contributed by atoms with Crippen molar-refractivity contribution < 1.29 is 17.9 Å². The number of sulfonamides is 1. The van der Waals surface area contributed by atoms with E-state index in [2.05, 4.69) is 5.32 Å². The van der Waals surface area contributed by atoms with E-state index in [4.69, 9.17) is 27.9 Å². The van der Waals surface area contributed by atoms with E-state index in [1.165, 1.54) is 28.6 Å². The van der Waals surface area contributed by atoms with E-state index in [0.29, 0.717) is 27.2 Å². The fraction of sp³-hybridized carbons (Fsp3) is 0.136. The highest BCUT2D eigenvalue weighted by molar-refractivity contribution is 7.92. The van der Waals surface area contributed by atoms with Crippen LogP contribution in [0.2, 0.25) is 10.0 Å². The van der Waals surface area contributed by atoms with Crippen molar-refractivity contribution in [2.45, 2.75) is 11.8 Å². The summed E-state index contributed by atoms with van der Waals surface area (Å²) in [6.45, 7) is 1.76. The van der Waals surface area contributed by atoms with Crippen molar-refractivity contribution in [3.05, 3.63) is 82.8 Å². The van der Waals surface area contributed by atoms with Crippen LogP contribution in [0.5, 0.6) is 5.75 Å². The van der Waals surface area contributed by atoms with E-state index in [1.54, 1.807) is 49.4 Å². The van der Waals surface area contributed by atoms with Gasteiger partial charge in [-0.2, -0.15) is 0 Å². The molecule has 0 aliphatic carbocycles. The average Bonchev–Trinajstić information content (AvgIpc) is 2.76. The van der Waals surface area contributed by atoms with Gasteiger partial charge in [0.05, 0.1) is 26.3 Å². The molecule has 0 saturated carbocycles. The van der Waals surface area contributed by atoms with E-state index < -0.39 is 15.9 Å². The first kappa shape index (κ1) is 22.9. The van der Waals surface area contributed by atoms with Gasteiger partial charge in [0.2, 0.25) is 0 Å². The van der Waals surface area contributed by atoms with Gasteiger partial charge in [0.15, 0.2) is 6.61 Å². The molecule has 0 aromatic heterocycles. The van der Waals surface area contributed by atoms with Crippen LogP contribution in [0.15, 0.2) is 77.7 Å². The van der Waals surface area contributed by atoms with Gasteiger partial charge in [0.1, 0.15) is 5.75 Å². The molecule has 9 heteroatoms. The average molecular weight is 479 g/mol. The number of amides is 1. The van der Waals surface area contributed by atoms with Crippen LogP contribution in [-0.4, -0.2) is 27.5 Å². The summed E-state index contributed by atoms with van der Waals surface area (Å²) in [5.41, 5.74) is 0.890. The fourth-order valence-corrected chi connectivity index (χ4v) is 4.83. The number of nitrogens with one attached hydrogen (secondary N) is 1. The lowest BCUT2D eigenvalue weighted by Crippen LogP contribution is -2.30. The third-order valence-corrected chi connectivity index (χ3v) is 6.89.